The predicted molar refractivity (Wildman–Crippen MR) is 124 cm³/mol. The fraction of sp³-hybridized carbons (Fsp3) is 0.240. The first kappa shape index (κ1) is 20.8. The molecule has 0 aliphatic carbocycles. The average molecular weight is 441 g/mol. The van der Waals surface area contributed by atoms with Crippen LogP contribution in [0, 0.1) is 13.8 Å². The van der Waals surface area contributed by atoms with Crippen molar-refractivity contribution in [1.29, 1.82) is 0 Å². The van der Waals surface area contributed by atoms with Crippen LogP contribution in [0.2, 0.25) is 0 Å². The van der Waals surface area contributed by atoms with Crippen LogP contribution in [0.3, 0.4) is 0 Å². The molecule has 0 bridgehead atoms. The summed E-state index contributed by atoms with van der Waals surface area (Å²) in [7, 11) is 0. The number of rotatable bonds is 5. The van der Waals surface area contributed by atoms with E-state index < -0.39 is 0 Å². The van der Waals surface area contributed by atoms with Gasteiger partial charge in [-0.05, 0) is 51.0 Å². The Morgan fingerprint density at radius 1 is 1.12 bits per heavy atom. The van der Waals surface area contributed by atoms with E-state index in [1.165, 1.54) is 0 Å². The second-order valence-electron chi connectivity index (χ2n) is 8.09. The van der Waals surface area contributed by atoms with Crippen LogP contribution in [0.1, 0.15) is 46.5 Å². The van der Waals surface area contributed by atoms with Crippen molar-refractivity contribution >= 4 is 17.4 Å². The Labute approximate surface area is 191 Å². The normalized spacial score (nSPS) is 15.6. The molecule has 4 heterocycles. The minimum Gasteiger partial charge on any atom is -0.361 e. The van der Waals surface area contributed by atoms with E-state index in [9.17, 15) is 4.79 Å². The molecule has 1 aromatic carbocycles. The van der Waals surface area contributed by atoms with Gasteiger partial charge in [-0.3, -0.25) is 9.78 Å². The first-order chi connectivity index (χ1) is 16.1. The van der Waals surface area contributed by atoms with Crippen molar-refractivity contribution in [3.8, 4) is 11.3 Å². The molecule has 5 rings (SSSR count). The lowest BCUT2D eigenvalue weighted by molar-refractivity contribution is 0.0727. The number of hydrogen-bond donors (Lipinski definition) is 1. The third kappa shape index (κ3) is 4.19. The largest absolute Gasteiger partial charge is 0.361 e. The van der Waals surface area contributed by atoms with Crippen molar-refractivity contribution in [1.82, 2.24) is 25.0 Å². The number of nitrogens with one attached hydrogen (secondary N) is 1. The summed E-state index contributed by atoms with van der Waals surface area (Å²) >= 11 is 0. The third-order valence-electron chi connectivity index (χ3n) is 5.81. The third-order valence-corrected chi connectivity index (χ3v) is 5.81. The van der Waals surface area contributed by atoms with E-state index >= 15 is 0 Å². The maximum absolute atomic E-state index is 13.4. The summed E-state index contributed by atoms with van der Waals surface area (Å²) in [6, 6.07) is 15.4. The van der Waals surface area contributed by atoms with Crippen molar-refractivity contribution in [2.75, 3.05) is 11.9 Å². The highest BCUT2D eigenvalue weighted by Gasteiger charge is 2.35. The number of likely N-dealkylation sites (tertiary alicyclic amines) is 1. The Balaban J connectivity index is 1.54. The molecule has 1 fully saturated rings. The summed E-state index contributed by atoms with van der Waals surface area (Å²) in [5.74, 6) is 1.70. The highest BCUT2D eigenvalue weighted by atomic mass is 16.5. The van der Waals surface area contributed by atoms with Gasteiger partial charge >= 0.3 is 0 Å². The molecule has 8 nitrogen and oxygen atoms in total. The summed E-state index contributed by atoms with van der Waals surface area (Å²) in [5.41, 5.74) is 3.68. The van der Waals surface area contributed by atoms with Crippen LogP contribution in [0.4, 0.5) is 11.5 Å². The van der Waals surface area contributed by atoms with E-state index in [1.54, 1.807) is 26.2 Å². The molecular weight excluding hydrogens is 416 g/mol. The van der Waals surface area contributed by atoms with Gasteiger partial charge < -0.3 is 14.7 Å². The molecule has 3 aromatic heterocycles. The molecule has 1 N–H and O–H groups in total. The van der Waals surface area contributed by atoms with Gasteiger partial charge in [0.05, 0.1) is 17.4 Å². The van der Waals surface area contributed by atoms with Gasteiger partial charge in [0.2, 0.25) is 0 Å². The zero-order valence-electron chi connectivity index (χ0n) is 18.5. The monoisotopic (exact) mass is 440 g/mol. The van der Waals surface area contributed by atoms with E-state index in [2.05, 4.69) is 15.5 Å². The first-order valence-electron chi connectivity index (χ1n) is 11.0. The molecule has 0 unspecified atom stereocenters. The first-order valence-corrected chi connectivity index (χ1v) is 11.0. The summed E-state index contributed by atoms with van der Waals surface area (Å²) in [6.45, 7) is 4.19. The minimum absolute atomic E-state index is 0.0956. The smallest absolute Gasteiger partial charge is 0.259 e. The zero-order chi connectivity index (χ0) is 22.8. The van der Waals surface area contributed by atoms with Crippen molar-refractivity contribution in [2.24, 2.45) is 0 Å². The summed E-state index contributed by atoms with van der Waals surface area (Å²) in [5, 5.41) is 7.32. The molecular formula is C25H24N6O2. The summed E-state index contributed by atoms with van der Waals surface area (Å²) in [4.78, 5) is 29.2. The van der Waals surface area contributed by atoms with E-state index in [1.807, 2.05) is 53.4 Å². The number of benzene rings is 1. The average Bonchev–Trinajstić information content (AvgIpc) is 3.46. The maximum Gasteiger partial charge on any atom is 0.259 e. The lowest BCUT2D eigenvalue weighted by atomic mass is 10.1. The predicted octanol–water partition coefficient (Wildman–Crippen LogP) is 4.86. The van der Waals surface area contributed by atoms with Gasteiger partial charge in [-0.25, -0.2) is 9.97 Å². The summed E-state index contributed by atoms with van der Waals surface area (Å²) < 4.78 is 5.23. The summed E-state index contributed by atoms with van der Waals surface area (Å²) in [6.07, 6.45) is 5.17. The Hall–Kier alpha value is -4.07. The Morgan fingerprint density at radius 2 is 1.97 bits per heavy atom. The lowest BCUT2D eigenvalue weighted by Gasteiger charge is -2.24. The number of aromatic nitrogens is 4. The van der Waals surface area contributed by atoms with E-state index in [0.717, 1.165) is 29.8 Å². The van der Waals surface area contributed by atoms with E-state index in [-0.39, 0.29) is 11.9 Å². The van der Waals surface area contributed by atoms with Gasteiger partial charge in [-0.2, -0.15) is 0 Å². The van der Waals surface area contributed by atoms with Crippen LogP contribution >= 0.6 is 0 Å². The van der Waals surface area contributed by atoms with Crippen LogP contribution in [0.25, 0.3) is 11.3 Å². The highest BCUT2D eigenvalue weighted by molar-refractivity contribution is 5.96. The van der Waals surface area contributed by atoms with Crippen molar-refractivity contribution in [3.05, 3.63) is 83.8 Å². The molecule has 1 aliphatic rings. The Kier molecular flexibility index (Phi) is 5.56. The molecule has 33 heavy (non-hydrogen) atoms. The van der Waals surface area contributed by atoms with Gasteiger partial charge in [0.1, 0.15) is 17.1 Å². The van der Waals surface area contributed by atoms with Crippen LogP contribution in [0.5, 0.6) is 0 Å². The lowest BCUT2D eigenvalue weighted by Crippen LogP contribution is -2.32. The van der Waals surface area contributed by atoms with Crippen molar-refractivity contribution in [3.63, 3.8) is 0 Å². The number of hydrogen-bond acceptors (Lipinski definition) is 7. The maximum atomic E-state index is 13.4. The quantitative estimate of drug-likeness (QED) is 0.473. The fourth-order valence-electron chi connectivity index (χ4n) is 4.22. The molecule has 8 heteroatoms. The van der Waals surface area contributed by atoms with Gasteiger partial charge in [-0.15, -0.1) is 0 Å². The number of pyridine rings is 1. The SMILES string of the molecule is Cc1noc(C)c1C(=O)N1CCC[C@@H]1c1nc(Nc2ccccc2)cc(-c2cccnc2)n1. The van der Waals surface area contributed by atoms with E-state index in [4.69, 9.17) is 14.5 Å². The Bertz CT molecular complexity index is 1250. The van der Waals surface area contributed by atoms with Crippen LogP contribution in [-0.4, -0.2) is 37.5 Å². The number of anilines is 2. The van der Waals surface area contributed by atoms with Crippen LogP contribution in [-0.2, 0) is 0 Å². The van der Waals surface area contributed by atoms with Gasteiger partial charge in [0.15, 0.2) is 5.82 Å². The topological polar surface area (TPSA) is 97.0 Å². The second-order valence-corrected chi connectivity index (χ2v) is 8.09. The number of aryl methyl sites for hydroxylation is 2. The number of amides is 1. The minimum atomic E-state index is -0.237. The molecule has 1 aliphatic heterocycles. The molecule has 0 radical (unpaired) electrons. The molecule has 0 saturated carbocycles. The zero-order valence-corrected chi connectivity index (χ0v) is 18.5. The highest BCUT2D eigenvalue weighted by Crippen LogP contribution is 2.34. The van der Waals surface area contributed by atoms with Gasteiger partial charge in [-0.1, -0.05) is 23.4 Å². The molecule has 1 atom stereocenters. The van der Waals surface area contributed by atoms with E-state index in [0.29, 0.717) is 35.2 Å². The molecule has 0 spiro atoms. The van der Waals surface area contributed by atoms with Gasteiger partial charge in [0, 0.05) is 36.3 Å². The molecule has 1 amide bonds. The van der Waals surface area contributed by atoms with Crippen molar-refractivity contribution < 1.29 is 9.32 Å². The van der Waals surface area contributed by atoms with Crippen LogP contribution < -0.4 is 5.32 Å². The number of para-hydroxylation sites is 1. The van der Waals surface area contributed by atoms with Crippen molar-refractivity contribution in [2.45, 2.75) is 32.7 Å². The Morgan fingerprint density at radius 3 is 2.70 bits per heavy atom. The molecule has 4 aromatic rings. The van der Waals surface area contributed by atoms with Crippen LogP contribution in [0.15, 0.2) is 65.4 Å². The van der Waals surface area contributed by atoms with Gasteiger partial charge in [0.25, 0.3) is 5.91 Å². The second kappa shape index (κ2) is 8.82. The number of carbonyl (C=O) groups is 1. The number of carbonyl (C=O) groups excluding carboxylic acids is 1. The molecule has 1 saturated heterocycles. The number of nitrogens with zero attached hydrogens (tertiary/aromatic N) is 5. The fourth-order valence-corrected chi connectivity index (χ4v) is 4.22. The molecule has 166 valence electrons. The standard InChI is InChI=1S/C25H24N6O2/c1-16-23(17(2)33-30-16)25(32)31-13-7-11-21(31)24-28-20(18-8-6-12-26-15-18)14-22(29-24)27-19-9-4-3-5-10-19/h3-6,8-10,12,14-15,21H,7,11,13H2,1-2H3,(H,27,28,29)/t21-/m1/s1.